The van der Waals surface area contributed by atoms with Crippen molar-refractivity contribution in [2.75, 3.05) is 20.1 Å². The standard InChI is InChI=1S/C18H26N2/c1-11(2)17-8-12-7-13-9-19-16-6-4-5-14(18(13)16)15(12)10-20(17)3/h11,13,17H,4-10H2,1-3H3. The summed E-state index contributed by atoms with van der Waals surface area (Å²) in [5.41, 5.74) is 8.37. The number of rotatable bonds is 1. The molecule has 0 radical (unpaired) electrons. The van der Waals surface area contributed by atoms with Crippen LogP contribution in [0.15, 0.2) is 27.3 Å². The molecule has 0 spiro atoms. The molecule has 2 aliphatic carbocycles. The molecule has 2 aliphatic heterocycles. The normalized spacial score (nSPS) is 33.5. The Balaban J connectivity index is 1.75. The second-order valence-corrected chi connectivity index (χ2v) is 7.45. The summed E-state index contributed by atoms with van der Waals surface area (Å²) in [5, 5.41) is 0. The predicted octanol–water partition coefficient (Wildman–Crippen LogP) is 3.60. The Labute approximate surface area is 122 Å². The number of hydrogen-bond donors (Lipinski definition) is 0. The zero-order valence-electron chi connectivity index (χ0n) is 13.1. The smallest absolute Gasteiger partial charge is 0.0465 e. The zero-order chi connectivity index (χ0) is 13.9. The summed E-state index contributed by atoms with van der Waals surface area (Å²) in [4.78, 5) is 7.44. The summed E-state index contributed by atoms with van der Waals surface area (Å²) < 4.78 is 0. The van der Waals surface area contributed by atoms with Gasteiger partial charge in [0.25, 0.3) is 0 Å². The van der Waals surface area contributed by atoms with E-state index < -0.39 is 0 Å². The molecule has 0 fully saturated rings. The molecule has 2 atom stereocenters. The molecule has 2 unspecified atom stereocenters. The van der Waals surface area contributed by atoms with Crippen molar-refractivity contribution in [3.8, 4) is 0 Å². The summed E-state index contributed by atoms with van der Waals surface area (Å²) in [5.74, 6) is 1.50. The fourth-order valence-electron chi connectivity index (χ4n) is 4.88. The highest BCUT2D eigenvalue weighted by Gasteiger charge is 2.39. The first-order valence-electron chi connectivity index (χ1n) is 8.33. The fourth-order valence-corrected chi connectivity index (χ4v) is 4.88. The summed E-state index contributed by atoms with van der Waals surface area (Å²) >= 11 is 0. The molecular formula is C18H26N2. The minimum Gasteiger partial charge on any atom is -0.299 e. The van der Waals surface area contributed by atoms with Crippen LogP contribution in [0.1, 0.15) is 46.0 Å². The van der Waals surface area contributed by atoms with Crippen LogP contribution in [0.4, 0.5) is 0 Å². The maximum absolute atomic E-state index is 4.85. The lowest BCUT2D eigenvalue weighted by molar-refractivity contribution is 0.188. The average Bonchev–Trinajstić information content (AvgIpc) is 2.84. The van der Waals surface area contributed by atoms with E-state index in [1.807, 2.05) is 0 Å². The van der Waals surface area contributed by atoms with Gasteiger partial charge >= 0.3 is 0 Å². The number of aliphatic imine (C=N–C) groups is 1. The van der Waals surface area contributed by atoms with Crippen LogP contribution in [0.5, 0.6) is 0 Å². The van der Waals surface area contributed by atoms with Crippen molar-refractivity contribution in [3.05, 3.63) is 22.3 Å². The van der Waals surface area contributed by atoms with E-state index in [1.165, 1.54) is 44.4 Å². The maximum Gasteiger partial charge on any atom is 0.0465 e. The van der Waals surface area contributed by atoms with Crippen LogP contribution in [0, 0.1) is 11.8 Å². The van der Waals surface area contributed by atoms with Crippen molar-refractivity contribution in [3.63, 3.8) is 0 Å². The Kier molecular flexibility index (Phi) is 2.92. The molecule has 2 heteroatoms. The molecule has 0 aromatic rings. The topological polar surface area (TPSA) is 15.6 Å². The summed E-state index contributed by atoms with van der Waals surface area (Å²) in [6.07, 6.45) is 6.47. The van der Waals surface area contributed by atoms with Gasteiger partial charge in [-0.3, -0.25) is 9.89 Å². The zero-order valence-corrected chi connectivity index (χ0v) is 13.1. The number of hydrogen-bond acceptors (Lipinski definition) is 2. The second-order valence-electron chi connectivity index (χ2n) is 7.45. The van der Waals surface area contributed by atoms with Crippen LogP contribution in [0.2, 0.25) is 0 Å². The van der Waals surface area contributed by atoms with Gasteiger partial charge in [0.05, 0.1) is 0 Å². The molecule has 20 heavy (non-hydrogen) atoms. The van der Waals surface area contributed by atoms with Gasteiger partial charge in [0, 0.05) is 30.8 Å². The monoisotopic (exact) mass is 270 g/mol. The highest BCUT2D eigenvalue weighted by atomic mass is 15.1. The molecular weight excluding hydrogens is 244 g/mol. The van der Waals surface area contributed by atoms with Crippen molar-refractivity contribution in [1.29, 1.82) is 0 Å². The van der Waals surface area contributed by atoms with E-state index in [0.29, 0.717) is 0 Å². The Morgan fingerprint density at radius 1 is 1.15 bits per heavy atom. The second kappa shape index (κ2) is 4.56. The third kappa shape index (κ3) is 1.77. The Morgan fingerprint density at radius 3 is 2.80 bits per heavy atom. The first-order chi connectivity index (χ1) is 9.65. The molecule has 0 amide bonds. The minimum absolute atomic E-state index is 0.737. The van der Waals surface area contributed by atoms with E-state index in [2.05, 4.69) is 25.8 Å². The van der Waals surface area contributed by atoms with E-state index in [9.17, 15) is 0 Å². The van der Waals surface area contributed by atoms with Gasteiger partial charge in [0.2, 0.25) is 0 Å². The molecule has 0 saturated heterocycles. The van der Waals surface area contributed by atoms with E-state index in [1.54, 1.807) is 22.3 Å². The molecule has 0 N–H and O–H groups in total. The van der Waals surface area contributed by atoms with Gasteiger partial charge in [-0.25, -0.2) is 0 Å². The highest BCUT2D eigenvalue weighted by molar-refractivity contribution is 6.04. The average molecular weight is 270 g/mol. The maximum atomic E-state index is 4.85. The minimum atomic E-state index is 0.737. The van der Waals surface area contributed by atoms with Crippen LogP contribution in [-0.2, 0) is 0 Å². The molecule has 2 nitrogen and oxygen atoms in total. The Hall–Kier alpha value is -0.890. The lowest BCUT2D eigenvalue weighted by Crippen LogP contribution is -2.43. The molecule has 2 heterocycles. The molecule has 0 bridgehead atoms. The Bertz CT molecular complexity index is 536. The number of likely N-dealkylation sites (N-methyl/N-ethyl adjacent to an activating group) is 1. The van der Waals surface area contributed by atoms with Gasteiger partial charge < -0.3 is 0 Å². The highest BCUT2D eigenvalue weighted by Crippen LogP contribution is 2.47. The molecule has 0 aromatic carbocycles. The number of fused-ring (bicyclic) bond motifs is 1. The molecule has 4 aliphatic rings. The van der Waals surface area contributed by atoms with Gasteiger partial charge in [-0.15, -0.1) is 0 Å². The predicted molar refractivity (Wildman–Crippen MR) is 84.2 cm³/mol. The van der Waals surface area contributed by atoms with Gasteiger partial charge in [-0.05, 0) is 61.8 Å². The van der Waals surface area contributed by atoms with Crippen LogP contribution in [0.3, 0.4) is 0 Å². The first kappa shape index (κ1) is 12.8. The number of nitrogens with zero attached hydrogens (tertiary/aromatic N) is 2. The summed E-state index contributed by atoms with van der Waals surface area (Å²) in [7, 11) is 2.32. The molecule has 0 aromatic heterocycles. The fraction of sp³-hybridized carbons (Fsp3) is 0.722. The lowest BCUT2D eigenvalue weighted by atomic mass is 9.70. The van der Waals surface area contributed by atoms with Gasteiger partial charge in [0.15, 0.2) is 0 Å². The molecule has 108 valence electrons. The van der Waals surface area contributed by atoms with Crippen LogP contribution < -0.4 is 0 Å². The lowest BCUT2D eigenvalue weighted by Gasteiger charge is -2.42. The van der Waals surface area contributed by atoms with Crippen LogP contribution >= 0.6 is 0 Å². The van der Waals surface area contributed by atoms with Gasteiger partial charge in [-0.1, -0.05) is 19.4 Å². The van der Waals surface area contributed by atoms with Gasteiger partial charge in [-0.2, -0.15) is 0 Å². The third-order valence-electron chi connectivity index (χ3n) is 5.87. The van der Waals surface area contributed by atoms with Crippen molar-refractivity contribution in [2.24, 2.45) is 16.8 Å². The molecule has 4 rings (SSSR count). The quantitative estimate of drug-likeness (QED) is 0.711. The first-order valence-corrected chi connectivity index (χ1v) is 8.33. The van der Waals surface area contributed by atoms with E-state index in [4.69, 9.17) is 4.99 Å². The summed E-state index contributed by atoms with van der Waals surface area (Å²) in [6.45, 7) is 7.00. The van der Waals surface area contributed by atoms with Gasteiger partial charge in [0.1, 0.15) is 0 Å². The van der Waals surface area contributed by atoms with Crippen molar-refractivity contribution in [2.45, 2.75) is 52.0 Å². The van der Waals surface area contributed by atoms with Crippen LogP contribution in [0.25, 0.3) is 0 Å². The van der Waals surface area contributed by atoms with Crippen LogP contribution in [-0.4, -0.2) is 36.8 Å². The largest absolute Gasteiger partial charge is 0.299 e. The molecule has 0 saturated carbocycles. The van der Waals surface area contributed by atoms with Crippen molar-refractivity contribution >= 4 is 5.71 Å². The van der Waals surface area contributed by atoms with Crippen molar-refractivity contribution in [1.82, 2.24) is 4.90 Å². The van der Waals surface area contributed by atoms with E-state index in [-0.39, 0.29) is 0 Å². The van der Waals surface area contributed by atoms with E-state index in [0.717, 1.165) is 24.4 Å². The SMILES string of the molecule is CC(C)C1CC2=C(CN1C)C1=C3C(=NCC3C2)CCC1. The third-order valence-corrected chi connectivity index (χ3v) is 5.87. The van der Waals surface area contributed by atoms with Crippen molar-refractivity contribution < 1.29 is 0 Å². The van der Waals surface area contributed by atoms with E-state index >= 15 is 0 Å². The Morgan fingerprint density at radius 2 is 2.00 bits per heavy atom. The summed E-state index contributed by atoms with van der Waals surface area (Å²) in [6, 6.07) is 0.737.